The van der Waals surface area contributed by atoms with E-state index in [0.29, 0.717) is 17.1 Å². The Morgan fingerprint density at radius 1 is 1.53 bits per heavy atom. The highest BCUT2D eigenvalue weighted by Gasteiger charge is 2.21. The summed E-state index contributed by atoms with van der Waals surface area (Å²) in [5, 5.41) is 3.27. The zero-order valence-corrected chi connectivity index (χ0v) is 11.4. The topological polar surface area (TPSA) is 45.2 Å². The second-order valence-electron chi connectivity index (χ2n) is 4.75. The summed E-state index contributed by atoms with van der Waals surface area (Å²) >= 11 is 5.92. The maximum atomic E-state index is 11.9. The van der Waals surface area contributed by atoms with Crippen molar-refractivity contribution >= 4 is 17.5 Å². The predicted molar refractivity (Wildman–Crippen MR) is 69.3 cm³/mol. The van der Waals surface area contributed by atoms with E-state index < -0.39 is 0 Å². The van der Waals surface area contributed by atoms with E-state index in [1.807, 2.05) is 14.1 Å². The van der Waals surface area contributed by atoms with Gasteiger partial charge in [0, 0.05) is 24.5 Å². The van der Waals surface area contributed by atoms with Gasteiger partial charge in [-0.05, 0) is 34.0 Å². The Labute approximate surface area is 107 Å². The third-order valence-corrected chi connectivity index (χ3v) is 3.23. The molecule has 0 aliphatic rings. The SMILES string of the molecule is CN(C)C(C)(C)CNC(=O)c1cnccc1Cl. The molecular weight excluding hydrogens is 238 g/mol. The van der Waals surface area contributed by atoms with Crippen LogP contribution in [0.1, 0.15) is 24.2 Å². The first kappa shape index (κ1) is 13.9. The fourth-order valence-electron chi connectivity index (χ4n) is 1.09. The second kappa shape index (κ2) is 5.47. The van der Waals surface area contributed by atoms with Crippen molar-refractivity contribution in [2.24, 2.45) is 0 Å². The fourth-order valence-corrected chi connectivity index (χ4v) is 1.29. The van der Waals surface area contributed by atoms with Gasteiger partial charge in [0.2, 0.25) is 0 Å². The van der Waals surface area contributed by atoms with Gasteiger partial charge in [0.25, 0.3) is 5.91 Å². The molecule has 0 bridgehead atoms. The molecule has 0 aromatic carbocycles. The van der Waals surface area contributed by atoms with E-state index in [0.717, 1.165) is 0 Å². The molecule has 1 aromatic heterocycles. The molecule has 0 unspecified atom stereocenters. The van der Waals surface area contributed by atoms with E-state index >= 15 is 0 Å². The lowest BCUT2D eigenvalue weighted by Crippen LogP contribution is -2.48. The van der Waals surface area contributed by atoms with Gasteiger partial charge in [-0.3, -0.25) is 9.78 Å². The van der Waals surface area contributed by atoms with Crippen LogP contribution in [0.5, 0.6) is 0 Å². The van der Waals surface area contributed by atoms with Gasteiger partial charge < -0.3 is 10.2 Å². The number of nitrogens with one attached hydrogen (secondary N) is 1. The summed E-state index contributed by atoms with van der Waals surface area (Å²) in [7, 11) is 3.95. The molecule has 5 heteroatoms. The number of nitrogens with zero attached hydrogens (tertiary/aromatic N) is 2. The van der Waals surface area contributed by atoms with Crippen molar-refractivity contribution in [3.63, 3.8) is 0 Å². The number of hydrogen-bond donors (Lipinski definition) is 1. The van der Waals surface area contributed by atoms with Crippen LogP contribution >= 0.6 is 11.6 Å². The van der Waals surface area contributed by atoms with Crippen molar-refractivity contribution in [3.8, 4) is 0 Å². The van der Waals surface area contributed by atoms with Gasteiger partial charge >= 0.3 is 0 Å². The van der Waals surface area contributed by atoms with E-state index in [9.17, 15) is 4.79 Å². The zero-order chi connectivity index (χ0) is 13.1. The van der Waals surface area contributed by atoms with Gasteiger partial charge in [0.15, 0.2) is 0 Å². The van der Waals surface area contributed by atoms with E-state index in [1.54, 1.807) is 12.3 Å². The van der Waals surface area contributed by atoms with Gasteiger partial charge in [-0.1, -0.05) is 11.6 Å². The number of carbonyl (C=O) groups excluding carboxylic acids is 1. The Kier molecular flexibility index (Phi) is 4.48. The van der Waals surface area contributed by atoms with Crippen LogP contribution in [0.25, 0.3) is 0 Å². The third-order valence-electron chi connectivity index (χ3n) is 2.90. The largest absolute Gasteiger partial charge is 0.350 e. The van der Waals surface area contributed by atoms with Gasteiger partial charge in [-0.2, -0.15) is 0 Å². The minimum atomic E-state index is -0.196. The van der Waals surface area contributed by atoms with Crippen molar-refractivity contribution in [3.05, 3.63) is 29.0 Å². The maximum Gasteiger partial charge on any atom is 0.254 e. The molecule has 0 spiro atoms. The van der Waals surface area contributed by atoms with Crippen LogP contribution in [0, 0.1) is 0 Å². The van der Waals surface area contributed by atoms with E-state index in [1.165, 1.54) is 6.20 Å². The Morgan fingerprint density at radius 2 is 2.18 bits per heavy atom. The summed E-state index contributed by atoms with van der Waals surface area (Å²) in [4.78, 5) is 17.8. The average Bonchev–Trinajstić information content (AvgIpc) is 2.26. The van der Waals surface area contributed by atoms with Crippen LogP contribution in [-0.2, 0) is 0 Å². The van der Waals surface area contributed by atoms with E-state index in [-0.39, 0.29) is 11.4 Å². The summed E-state index contributed by atoms with van der Waals surface area (Å²) in [6, 6.07) is 1.60. The molecule has 4 nitrogen and oxygen atoms in total. The molecule has 94 valence electrons. The molecule has 17 heavy (non-hydrogen) atoms. The molecule has 0 atom stereocenters. The second-order valence-corrected chi connectivity index (χ2v) is 5.15. The molecule has 0 aliphatic carbocycles. The number of aromatic nitrogens is 1. The van der Waals surface area contributed by atoms with Crippen LogP contribution in [0.2, 0.25) is 5.02 Å². The molecule has 0 saturated heterocycles. The Hall–Kier alpha value is -1.13. The number of amides is 1. The van der Waals surface area contributed by atoms with Crippen LogP contribution in [0.15, 0.2) is 18.5 Å². The number of hydrogen-bond acceptors (Lipinski definition) is 3. The van der Waals surface area contributed by atoms with Crippen molar-refractivity contribution in [1.29, 1.82) is 0 Å². The molecule has 1 rings (SSSR count). The molecule has 1 N–H and O–H groups in total. The number of pyridine rings is 1. The summed E-state index contributed by atoms with van der Waals surface area (Å²) < 4.78 is 0. The van der Waals surface area contributed by atoms with Crippen molar-refractivity contribution in [2.45, 2.75) is 19.4 Å². The normalized spacial score (nSPS) is 11.6. The Bertz CT molecular complexity index is 404. The molecule has 0 saturated carbocycles. The number of likely N-dealkylation sites (N-methyl/N-ethyl adjacent to an activating group) is 1. The highest BCUT2D eigenvalue weighted by atomic mass is 35.5. The first-order valence-corrected chi connectivity index (χ1v) is 5.77. The number of halogens is 1. The number of rotatable bonds is 4. The molecule has 1 heterocycles. The fraction of sp³-hybridized carbons (Fsp3) is 0.500. The van der Waals surface area contributed by atoms with Crippen molar-refractivity contribution < 1.29 is 4.79 Å². The lowest BCUT2D eigenvalue weighted by Gasteiger charge is -2.32. The minimum Gasteiger partial charge on any atom is -0.350 e. The Morgan fingerprint density at radius 3 is 2.71 bits per heavy atom. The molecular formula is C12H18ClN3O. The van der Waals surface area contributed by atoms with Crippen LogP contribution < -0.4 is 5.32 Å². The lowest BCUT2D eigenvalue weighted by atomic mass is 10.0. The minimum absolute atomic E-state index is 0.107. The van der Waals surface area contributed by atoms with Crippen LogP contribution in [0.4, 0.5) is 0 Å². The third kappa shape index (κ3) is 3.68. The number of carbonyl (C=O) groups is 1. The Balaban J connectivity index is 2.66. The van der Waals surface area contributed by atoms with Crippen molar-refractivity contribution in [1.82, 2.24) is 15.2 Å². The zero-order valence-electron chi connectivity index (χ0n) is 10.6. The maximum absolute atomic E-state index is 11.9. The molecule has 1 aromatic rings. The molecule has 0 fully saturated rings. The lowest BCUT2D eigenvalue weighted by molar-refractivity contribution is 0.0919. The van der Waals surface area contributed by atoms with Crippen LogP contribution in [-0.4, -0.2) is 42.0 Å². The summed E-state index contributed by atoms with van der Waals surface area (Å²) in [6.45, 7) is 4.65. The van der Waals surface area contributed by atoms with Gasteiger partial charge in [-0.15, -0.1) is 0 Å². The summed E-state index contributed by atoms with van der Waals surface area (Å²) in [6.07, 6.45) is 3.03. The van der Waals surface area contributed by atoms with E-state index in [4.69, 9.17) is 11.6 Å². The predicted octanol–water partition coefficient (Wildman–Crippen LogP) is 1.80. The van der Waals surface area contributed by atoms with Gasteiger partial charge in [0.05, 0.1) is 10.6 Å². The quantitative estimate of drug-likeness (QED) is 0.893. The molecule has 0 radical (unpaired) electrons. The standard InChI is InChI=1S/C12H18ClN3O/c1-12(2,16(3)4)8-15-11(17)9-7-14-6-5-10(9)13/h5-7H,8H2,1-4H3,(H,15,17). The van der Waals surface area contributed by atoms with E-state index in [2.05, 4.69) is 29.0 Å². The molecule has 0 aliphatic heterocycles. The first-order valence-electron chi connectivity index (χ1n) is 5.40. The van der Waals surface area contributed by atoms with Crippen molar-refractivity contribution in [2.75, 3.05) is 20.6 Å². The van der Waals surface area contributed by atoms with Gasteiger partial charge in [-0.25, -0.2) is 0 Å². The highest BCUT2D eigenvalue weighted by Crippen LogP contribution is 2.14. The highest BCUT2D eigenvalue weighted by molar-refractivity contribution is 6.33. The van der Waals surface area contributed by atoms with Gasteiger partial charge in [0.1, 0.15) is 0 Å². The van der Waals surface area contributed by atoms with Crippen LogP contribution in [0.3, 0.4) is 0 Å². The smallest absolute Gasteiger partial charge is 0.254 e. The summed E-state index contributed by atoms with van der Waals surface area (Å²) in [5.41, 5.74) is 0.299. The monoisotopic (exact) mass is 255 g/mol. The molecule has 1 amide bonds. The summed E-state index contributed by atoms with van der Waals surface area (Å²) in [5.74, 6) is -0.196. The first-order chi connectivity index (χ1) is 7.84. The average molecular weight is 256 g/mol.